The van der Waals surface area contributed by atoms with Crippen LogP contribution in [0.3, 0.4) is 0 Å². The molecule has 28 heavy (non-hydrogen) atoms. The summed E-state index contributed by atoms with van der Waals surface area (Å²) in [5.41, 5.74) is 0.711. The summed E-state index contributed by atoms with van der Waals surface area (Å²) >= 11 is 0. The van der Waals surface area contributed by atoms with Crippen LogP contribution in [0.2, 0.25) is 0 Å². The number of ether oxygens (including phenoxy) is 2. The van der Waals surface area contributed by atoms with Gasteiger partial charge in [0.05, 0.1) is 6.61 Å². The first kappa shape index (κ1) is 22.2. The van der Waals surface area contributed by atoms with Crippen LogP contribution in [-0.4, -0.2) is 26.1 Å². The Labute approximate surface area is 165 Å². The van der Waals surface area contributed by atoms with Gasteiger partial charge in [0.25, 0.3) is 0 Å². The number of rotatable bonds is 5. The van der Waals surface area contributed by atoms with Gasteiger partial charge in [-0.05, 0) is 67.2 Å². The summed E-state index contributed by atoms with van der Waals surface area (Å²) < 4.78 is 74.2. The fourth-order valence-electron chi connectivity index (χ4n) is 2.94. The molecule has 0 spiro atoms. The van der Waals surface area contributed by atoms with Gasteiger partial charge >= 0.3 is 6.36 Å². The molecule has 1 aliphatic rings. The van der Waals surface area contributed by atoms with E-state index in [0.29, 0.717) is 11.1 Å². The normalized spacial score (nSPS) is 15.0. The van der Waals surface area contributed by atoms with E-state index < -0.39 is 23.7 Å². The van der Waals surface area contributed by atoms with Crippen molar-refractivity contribution in [2.45, 2.75) is 19.2 Å². The summed E-state index contributed by atoms with van der Waals surface area (Å²) in [6, 6.07) is 7.07. The van der Waals surface area contributed by atoms with Gasteiger partial charge in [-0.3, -0.25) is 0 Å². The van der Waals surface area contributed by atoms with Crippen LogP contribution in [0, 0.1) is 17.6 Å². The minimum absolute atomic E-state index is 0. The van der Waals surface area contributed by atoms with Gasteiger partial charge in [-0.2, -0.15) is 0 Å². The Morgan fingerprint density at radius 3 is 2.18 bits per heavy atom. The topological polar surface area (TPSA) is 30.5 Å². The number of piperidine rings is 1. The van der Waals surface area contributed by atoms with Crippen LogP contribution in [0.25, 0.3) is 11.1 Å². The van der Waals surface area contributed by atoms with Crippen LogP contribution in [-0.2, 0) is 0 Å². The molecule has 0 aliphatic carbocycles. The van der Waals surface area contributed by atoms with Gasteiger partial charge in [-0.25, -0.2) is 8.78 Å². The molecule has 9 heteroatoms. The molecule has 0 saturated carbocycles. The number of benzene rings is 2. The van der Waals surface area contributed by atoms with Crippen molar-refractivity contribution in [1.82, 2.24) is 5.32 Å². The molecule has 0 radical (unpaired) electrons. The summed E-state index contributed by atoms with van der Waals surface area (Å²) in [6.45, 7) is 1.90. The van der Waals surface area contributed by atoms with Crippen molar-refractivity contribution < 1.29 is 31.4 Å². The van der Waals surface area contributed by atoms with Gasteiger partial charge in [0.15, 0.2) is 23.1 Å². The summed E-state index contributed by atoms with van der Waals surface area (Å²) in [7, 11) is 0. The zero-order valence-corrected chi connectivity index (χ0v) is 15.5. The largest absolute Gasteiger partial charge is 0.573 e. The average Bonchev–Trinajstić information content (AvgIpc) is 2.63. The zero-order chi connectivity index (χ0) is 19.4. The second kappa shape index (κ2) is 9.43. The summed E-state index contributed by atoms with van der Waals surface area (Å²) in [4.78, 5) is 0. The second-order valence-electron chi connectivity index (χ2n) is 6.34. The SMILES string of the molecule is Cl.Fc1ccc(-c2ccc(OC(F)(F)F)c(OCC3CCNCC3)c2)cc1F. The number of alkyl halides is 3. The number of hydrogen-bond donors (Lipinski definition) is 1. The van der Waals surface area contributed by atoms with Crippen molar-refractivity contribution in [1.29, 1.82) is 0 Å². The Balaban J connectivity index is 0.00000280. The molecule has 3 rings (SSSR count). The van der Waals surface area contributed by atoms with Crippen molar-refractivity contribution in [3.63, 3.8) is 0 Å². The number of hydrogen-bond acceptors (Lipinski definition) is 3. The molecule has 1 aliphatic heterocycles. The van der Waals surface area contributed by atoms with E-state index >= 15 is 0 Å². The smallest absolute Gasteiger partial charge is 0.489 e. The standard InChI is InChI=1S/C19H18F5NO2.ClH/c20-15-3-1-13(9-16(15)21)14-2-4-17(27-19(22,23)24)18(10-14)26-11-12-5-7-25-8-6-12;/h1-4,9-10,12,25H,5-8,11H2;1H. The van der Waals surface area contributed by atoms with Gasteiger partial charge in [0, 0.05) is 0 Å². The Morgan fingerprint density at radius 1 is 0.893 bits per heavy atom. The van der Waals surface area contributed by atoms with Gasteiger partial charge < -0.3 is 14.8 Å². The maximum absolute atomic E-state index is 13.5. The molecule has 1 fully saturated rings. The van der Waals surface area contributed by atoms with Crippen LogP contribution in [0.1, 0.15) is 12.8 Å². The molecule has 0 unspecified atom stereocenters. The lowest BCUT2D eigenvalue weighted by atomic mass is 9.99. The highest BCUT2D eigenvalue weighted by Gasteiger charge is 2.32. The maximum atomic E-state index is 13.5. The highest BCUT2D eigenvalue weighted by Crippen LogP contribution is 2.36. The molecular formula is C19H19ClF5NO2. The average molecular weight is 424 g/mol. The van der Waals surface area contributed by atoms with Crippen molar-refractivity contribution in [2.75, 3.05) is 19.7 Å². The quantitative estimate of drug-likeness (QED) is 0.659. The summed E-state index contributed by atoms with van der Waals surface area (Å²) in [5.74, 6) is -2.38. The molecule has 0 atom stereocenters. The minimum Gasteiger partial charge on any atom is -0.489 e. The predicted molar refractivity (Wildman–Crippen MR) is 96.8 cm³/mol. The Bertz CT molecular complexity index is 794. The van der Waals surface area contributed by atoms with E-state index in [4.69, 9.17) is 4.74 Å². The van der Waals surface area contributed by atoms with E-state index in [-0.39, 0.29) is 30.7 Å². The first-order valence-electron chi connectivity index (χ1n) is 8.50. The van der Waals surface area contributed by atoms with Gasteiger partial charge in [0.2, 0.25) is 0 Å². The number of nitrogens with one attached hydrogen (secondary N) is 1. The fraction of sp³-hybridized carbons (Fsp3) is 0.368. The molecule has 3 nitrogen and oxygen atoms in total. The molecule has 0 amide bonds. The molecule has 1 saturated heterocycles. The molecule has 1 heterocycles. The first-order chi connectivity index (χ1) is 12.8. The lowest BCUT2D eigenvalue weighted by Gasteiger charge is -2.23. The minimum atomic E-state index is -4.86. The molecule has 2 aromatic carbocycles. The molecule has 2 aromatic rings. The van der Waals surface area contributed by atoms with E-state index in [1.165, 1.54) is 18.2 Å². The van der Waals surface area contributed by atoms with Crippen molar-refractivity contribution in [3.05, 3.63) is 48.0 Å². The second-order valence-corrected chi connectivity index (χ2v) is 6.34. The Morgan fingerprint density at radius 2 is 1.54 bits per heavy atom. The van der Waals surface area contributed by atoms with E-state index in [1.54, 1.807) is 0 Å². The monoisotopic (exact) mass is 423 g/mol. The van der Waals surface area contributed by atoms with Crippen molar-refractivity contribution >= 4 is 12.4 Å². The third-order valence-electron chi connectivity index (χ3n) is 4.36. The molecular weight excluding hydrogens is 405 g/mol. The zero-order valence-electron chi connectivity index (χ0n) is 14.7. The molecule has 0 bridgehead atoms. The van der Waals surface area contributed by atoms with Crippen molar-refractivity contribution in [3.8, 4) is 22.6 Å². The van der Waals surface area contributed by atoms with Crippen LogP contribution < -0.4 is 14.8 Å². The van der Waals surface area contributed by atoms with Crippen LogP contribution in [0.5, 0.6) is 11.5 Å². The van der Waals surface area contributed by atoms with Gasteiger partial charge in [-0.1, -0.05) is 12.1 Å². The lowest BCUT2D eigenvalue weighted by Crippen LogP contribution is -2.30. The lowest BCUT2D eigenvalue weighted by molar-refractivity contribution is -0.275. The van der Waals surface area contributed by atoms with E-state index in [1.807, 2.05) is 0 Å². The van der Waals surface area contributed by atoms with E-state index in [9.17, 15) is 22.0 Å². The maximum Gasteiger partial charge on any atom is 0.573 e. The van der Waals surface area contributed by atoms with Crippen LogP contribution >= 0.6 is 12.4 Å². The third kappa shape index (κ3) is 5.97. The summed E-state index contributed by atoms with van der Waals surface area (Å²) in [6.07, 6.45) is -3.15. The van der Waals surface area contributed by atoms with Crippen LogP contribution in [0.4, 0.5) is 22.0 Å². The molecule has 1 N–H and O–H groups in total. The molecule has 0 aromatic heterocycles. The van der Waals surface area contributed by atoms with E-state index in [0.717, 1.165) is 44.1 Å². The highest BCUT2D eigenvalue weighted by atomic mass is 35.5. The Hall–Kier alpha value is -2.06. The first-order valence-corrected chi connectivity index (χ1v) is 8.50. The number of halogens is 6. The van der Waals surface area contributed by atoms with Gasteiger partial charge in [0.1, 0.15) is 0 Å². The Kier molecular flexibility index (Phi) is 7.48. The van der Waals surface area contributed by atoms with E-state index in [2.05, 4.69) is 10.1 Å². The van der Waals surface area contributed by atoms with Gasteiger partial charge in [-0.15, -0.1) is 25.6 Å². The predicted octanol–water partition coefficient (Wildman–Crippen LogP) is 5.33. The van der Waals surface area contributed by atoms with Crippen LogP contribution in [0.15, 0.2) is 36.4 Å². The fourth-order valence-corrected chi connectivity index (χ4v) is 2.94. The summed E-state index contributed by atoms with van der Waals surface area (Å²) in [5, 5.41) is 3.20. The third-order valence-corrected chi connectivity index (χ3v) is 4.36. The molecule has 154 valence electrons. The van der Waals surface area contributed by atoms with Crippen molar-refractivity contribution in [2.24, 2.45) is 5.92 Å². The highest BCUT2D eigenvalue weighted by molar-refractivity contribution is 5.85.